The standard InChI is InChI=1S/C10H20ClNO2/c1-3-9(4-5-13)7-12-10(14)8(2)6-11/h8-9,13H,3-7H2,1-2H3,(H,12,14). The molecule has 0 aromatic heterocycles. The number of amides is 1. The van der Waals surface area contributed by atoms with Gasteiger partial charge in [-0.05, 0) is 12.3 Å². The fourth-order valence-corrected chi connectivity index (χ4v) is 1.26. The van der Waals surface area contributed by atoms with Gasteiger partial charge in [0.1, 0.15) is 0 Å². The van der Waals surface area contributed by atoms with E-state index in [2.05, 4.69) is 12.2 Å². The Morgan fingerprint density at radius 3 is 2.64 bits per heavy atom. The van der Waals surface area contributed by atoms with Gasteiger partial charge >= 0.3 is 0 Å². The largest absolute Gasteiger partial charge is 0.396 e. The number of aliphatic hydroxyl groups excluding tert-OH is 1. The second-order valence-electron chi connectivity index (χ2n) is 3.59. The van der Waals surface area contributed by atoms with Crippen molar-refractivity contribution in [3.8, 4) is 0 Å². The number of hydrogen-bond donors (Lipinski definition) is 2. The minimum absolute atomic E-state index is 0.00334. The van der Waals surface area contributed by atoms with Gasteiger partial charge in [-0.1, -0.05) is 20.3 Å². The quantitative estimate of drug-likeness (QED) is 0.639. The summed E-state index contributed by atoms with van der Waals surface area (Å²) in [5, 5.41) is 11.6. The van der Waals surface area contributed by atoms with Gasteiger partial charge in [-0.15, -0.1) is 11.6 Å². The lowest BCUT2D eigenvalue weighted by atomic mass is 10.0. The Bertz CT molecular complexity index is 164. The van der Waals surface area contributed by atoms with Crippen molar-refractivity contribution >= 4 is 17.5 Å². The fourth-order valence-electron chi connectivity index (χ4n) is 1.12. The van der Waals surface area contributed by atoms with Crippen molar-refractivity contribution in [1.29, 1.82) is 0 Å². The van der Waals surface area contributed by atoms with Crippen molar-refractivity contribution in [1.82, 2.24) is 5.32 Å². The number of carbonyl (C=O) groups excluding carboxylic acids is 1. The minimum Gasteiger partial charge on any atom is -0.396 e. The highest BCUT2D eigenvalue weighted by molar-refractivity contribution is 6.19. The molecule has 0 aromatic carbocycles. The lowest BCUT2D eigenvalue weighted by Crippen LogP contribution is -2.34. The first-order valence-corrected chi connectivity index (χ1v) is 5.63. The number of alkyl halides is 1. The highest BCUT2D eigenvalue weighted by atomic mass is 35.5. The van der Waals surface area contributed by atoms with Gasteiger partial charge in [0, 0.05) is 24.9 Å². The molecule has 0 aliphatic carbocycles. The summed E-state index contributed by atoms with van der Waals surface area (Å²) in [6.45, 7) is 4.67. The second-order valence-corrected chi connectivity index (χ2v) is 3.90. The highest BCUT2D eigenvalue weighted by Crippen LogP contribution is 2.06. The van der Waals surface area contributed by atoms with Gasteiger partial charge < -0.3 is 10.4 Å². The van der Waals surface area contributed by atoms with E-state index >= 15 is 0 Å². The minimum atomic E-state index is -0.136. The lowest BCUT2D eigenvalue weighted by Gasteiger charge is -2.15. The fraction of sp³-hybridized carbons (Fsp3) is 0.900. The van der Waals surface area contributed by atoms with Crippen LogP contribution in [0.15, 0.2) is 0 Å². The number of rotatable bonds is 7. The van der Waals surface area contributed by atoms with Crippen LogP contribution in [-0.2, 0) is 4.79 Å². The van der Waals surface area contributed by atoms with E-state index in [0.29, 0.717) is 18.3 Å². The molecule has 0 bridgehead atoms. The summed E-state index contributed by atoms with van der Waals surface area (Å²) in [7, 11) is 0. The maximum absolute atomic E-state index is 11.3. The van der Waals surface area contributed by atoms with Crippen molar-refractivity contribution in [2.75, 3.05) is 19.0 Å². The molecule has 1 amide bonds. The van der Waals surface area contributed by atoms with Crippen LogP contribution in [0.3, 0.4) is 0 Å². The molecule has 2 unspecified atom stereocenters. The first kappa shape index (κ1) is 13.7. The number of hydrogen-bond acceptors (Lipinski definition) is 2. The SMILES string of the molecule is CCC(CCO)CNC(=O)C(C)CCl. The predicted octanol–water partition coefficient (Wildman–Crippen LogP) is 1.39. The van der Waals surface area contributed by atoms with Crippen LogP contribution in [0, 0.1) is 11.8 Å². The van der Waals surface area contributed by atoms with Gasteiger partial charge in [-0.3, -0.25) is 4.79 Å². The van der Waals surface area contributed by atoms with E-state index in [1.54, 1.807) is 6.92 Å². The van der Waals surface area contributed by atoms with Crippen molar-refractivity contribution < 1.29 is 9.90 Å². The van der Waals surface area contributed by atoms with Crippen LogP contribution in [0.5, 0.6) is 0 Å². The van der Waals surface area contributed by atoms with Gasteiger partial charge in [0.2, 0.25) is 5.91 Å². The van der Waals surface area contributed by atoms with Crippen molar-refractivity contribution in [3.05, 3.63) is 0 Å². The topological polar surface area (TPSA) is 49.3 Å². The van der Waals surface area contributed by atoms with E-state index in [4.69, 9.17) is 16.7 Å². The predicted molar refractivity (Wildman–Crippen MR) is 58.4 cm³/mol. The molecule has 2 N–H and O–H groups in total. The Morgan fingerprint density at radius 2 is 2.21 bits per heavy atom. The summed E-state index contributed by atoms with van der Waals surface area (Å²) < 4.78 is 0. The molecule has 0 heterocycles. The number of halogens is 1. The Labute approximate surface area is 90.8 Å². The molecule has 0 saturated heterocycles. The summed E-state index contributed by atoms with van der Waals surface area (Å²) in [6.07, 6.45) is 1.71. The van der Waals surface area contributed by atoms with Crippen molar-refractivity contribution in [2.24, 2.45) is 11.8 Å². The normalized spacial score (nSPS) is 14.9. The maximum atomic E-state index is 11.3. The molecule has 0 rings (SSSR count). The van der Waals surface area contributed by atoms with Gasteiger partial charge in [-0.25, -0.2) is 0 Å². The zero-order valence-electron chi connectivity index (χ0n) is 8.92. The van der Waals surface area contributed by atoms with Gasteiger partial charge in [0.15, 0.2) is 0 Å². The summed E-state index contributed by atoms with van der Waals surface area (Å²) >= 11 is 5.56. The smallest absolute Gasteiger partial charge is 0.224 e. The third-order valence-electron chi connectivity index (χ3n) is 2.36. The van der Waals surface area contributed by atoms with E-state index in [-0.39, 0.29) is 18.4 Å². The van der Waals surface area contributed by atoms with Crippen LogP contribution in [0.4, 0.5) is 0 Å². The molecule has 0 aliphatic heterocycles. The molecule has 0 fully saturated rings. The Morgan fingerprint density at radius 1 is 1.57 bits per heavy atom. The maximum Gasteiger partial charge on any atom is 0.224 e. The molecule has 3 nitrogen and oxygen atoms in total. The highest BCUT2D eigenvalue weighted by Gasteiger charge is 2.13. The van der Waals surface area contributed by atoms with Crippen LogP contribution in [0.1, 0.15) is 26.7 Å². The molecule has 0 radical (unpaired) electrons. The van der Waals surface area contributed by atoms with Crippen LogP contribution in [-0.4, -0.2) is 30.0 Å². The molecular weight excluding hydrogens is 202 g/mol. The van der Waals surface area contributed by atoms with E-state index in [1.165, 1.54) is 0 Å². The van der Waals surface area contributed by atoms with E-state index in [0.717, 1.165) is 12.8 Å². The average Bonchev–Trinajstić information content (AvgIpc) is 2.22. The summed E-state index contributed by atoms with van der Waals surface area (Å²) in [4.78, 5) is 11.3. The molecule has 2 atom stereocenters. The van der Waals surface area contributed by atoms with E-state index in [1.807, 2.05) is 0 Å². The molecule has 0 spiro atoms. The van der Waals surface area contributed by atoms with Crippen LogP contribution in [0.2, 0.25) is 0 Å². The Hall–Kier alpha value is -0.280. The van der Waals surface area contributed by atoms with Crippen LogP contribution >= 0.6 is 11.6 Å². The van der Waals surface area contributed by atoms with Gasteiger partial charge in [0.05, 0.1) is 0 Å². The Balaban J connectivity index is 3.73. The summed E-state index contributed by atoms with van der Waals surface area (Å²) in [6, 6.07) is 0. The lowest BCUT2D eigenvalue weighted by molar-refractivity contribution is -0.124. The monoisotopic (exact) mass is 221 g/mol. The van der Waals surface area contributed by atoms with Crippen LogP contribution in [0.25, 0.3) is 0 Å². The summed E-state index contributed by atoms with van der Waals surface area (Å²) in [5.74, 6) is 0.578. The van der Waals surface area contributed by atoms with E-state index in [9.17, 15) is 4.79 Å². The number of aliphatic hydroxyl groups is 1. The van der Waals surface area contributed by atoms with Gasteiger partial charge in [-0.2, -0.15) is 0 Å². The third-order valence-corrected chi connectivity index (χ3v) is 2.82. The third kappa shape index (κ3) is 5.45. The zero-order valence-corrected chi connectivity index (χ0v) is 9.68. The molecule has 4 heteroatoms. The average molecular weight is 222 g/mol. The van der Waals surface area contributed by atoms with E-state index < -0.39 is 0 Å². The van der Waals surface area contributed by atoms with Crippen LogP contribution < -0.4 is 5.32 Å². The van der Waals surface area contributed by atoms with Gasteiger partial charge in [0.25, 0.3) is 0 Å². The molecule has 84 valence electrons. The molecule has 0 saturated carbocycles. The summed E-state index contributed by atoms with van der Waals surface area (Å²) in [5.41, 5.74) is 0. The molecule has 0 aliphatic rings. The molecule has 14 heavy (non-hydrogen) atoms. The van der Waals surface area contributed by atoms with Crippen molar-refractivity contribution in [2.45, 2.75) is 26.7 Å². The number of nitrogens with one attached hydrogen (secondary N) is 1. The molecular formula is C10H20ClNO2. The first-order chi connectivity index (χ1) is 6.65. The Kier molecular flexibility index (Phi) is 7.90. The zero-order chi connectivity index (χ0) is 11.0. The second kappa shape index (κ2) is 8.06. The van der Waals surface area contributed by atoms with Crippen molar-refractivity contribution in [3.63, 3.8) is 0 Å². The molecule has 0 aromatic rings. The number of carbonyl (C=O) groups is 1. The first-order valence-electron chi connectivity index (χ1n) is 5.10.